The minimum absolute atomic E-state index is 0.370. The number of aliphatic hydroxyl groups excluding tert-OH is 2. The zero-order valence-electron chi connectivity index (χ0n) is 17.0. The molecule has 0 radical (unpaired) electrons. The molecule has 11 nitrogen and oxygen atoms in total. The van der Waals surface area contributed by atoms with Gasteiger partial charge in [0.05, 0.1) is 18.8 Å². The van der Waals surface area contributed by atoms with E-state index in [0.717, 1.165) is 6.42 Å². The van der Waals surface area contributed by atoms with Gasteiger partial charge in [-0.05, 0) is 32.2 Å². The number of amides is 3. The van der Waals surface area contributed by atoms with E-state index in [1.165, 1.54) is 6.92 Å². The first-order valence-corrected chi connectivity index (χ1v) is 9.78. The molecular formula is C18H32N4O7. The molecule has 0 saturated carbocycles. The van der Waals surface area contributed by atoms with Crippen molar-refractivity contribution in [1.82, 2.24) is 21.3 Å². The number of carboxylic acid groups (broad SMARTS) is 1. The predicted molar refractivity (Wildman–Crippen MR) is 103 cm³/mol. The van der Waals surface area contributed by atoms with Crippen LogP contribution < -0.4 is 21.3 Å². The molecule has 6 unspecified atom stereocenters. The third-order valence-corrected chi connectivity index (χ3v) is 5.03. The van der Waals surface area contributed by atoms with Gasteiger partial charge in [-0.3, -0.25) is 14.4 Å². The Bertz CT molecular complexity index is 593. The summed E-state index contributed by atoms with van der Waals surface area (Å²) in [6, 6.07) is -4.42. The normalized spacial score (nSPS) is 21.3. The van der Waals surface area contributed by atoms with Gasteiger partial charge in [-0.1, -0.05) is 20.3 Å². The maximum absolute atomic E-state index is 12.5. The number of carbonyl (C=O) groups excluding carboxylic acids is 3. The molecule has 1 saturated heterocycles. The van der Waals surface area contributed by atoms with Crippen molar-refractivity contribution in [2.45, 2.75) is 70.3 Å². The number of hydrogen-bond acceptors (Lipinski definition) is 7. The molecule has 3 amide bonds. The van der Waals surface area contributed by atoms with Gasteiger partial charge in [-0.2, -0.15) is 0 Å². The zero-order valence-corrected chi connectivity index (χ0v) is 17.0. The molecule has 0 aliphatic carbocycles. The number of hydrogen-bond donors (Lipinski definition) is 7. The lowest BCUT2D eigenvalue weighted by atomic mass is 9.98. The zero-order chi connectivity index (χ0) is 22.1. The van der Waals surface area contributed by atoms with Crippen molar-refractivity contribution in [1.29, 1.82) is 0 Å². The topological polar surface area (TPSA) is 177 Å². The van der Waals surface area contributed by atoms with Crippen LogP contribution in [0, 0.1) is 5.92 Å². The van der Waals surface area contributed by atoms with Crippen molar-refractivity contribution in [2.24, 2.45) is 5.92 Å². The van der Waals surface area contributed by atoms with E-state index in [1.807, 2.05) is 0 Å². The molecular weight excluding hydrogens is 384 g/mol. The molecule has 0 aromatic rings. The molecule has 11 heteroatoms. The Balaban J connectivity index is 2.78. The standard InChI is InChI=1S/C18H32N4O7/c1-4-9(2)13(18(28)29)21-17(27)14(10(3)24)22-16(26)12(8-23)20-15(25)11-6-5-7-19-11/h9-14,19,23-24H,4-8H2,1-3H3,(H,20,25)(H,21,27)(H,22,26)(H,28,29). The van der Waals surface area contributed by atoms with Crippen LogP contribution in [-0.4, -0.2) is 82.4 Å². The monoisotopic (exact) mass is 416 g/mol. The van der Waals surface area contributed by atoms with Gasteiger partial charge in [-0.25, -0.2) is 4.79 Å². The van der Waals surface area contributed by atoms with Crippen LogP contribution in [0.1, 0.15) is 40.0 Å². The van der Waals surface area contributed by atoms with Crippen molar-refractivity contribution in [3.05, 3.63) is 0 Å². The third kappa shape index (κ3) is 7.26. The molecule has 7 N–H and O–H groups in total. The average molecular weight is 416 g/mol. The molecule has 0 spiro atoms. The highest BCUT2D eigenvalue weighted by molar-refractivity contribution is 5.94. The van der Waals surface area contributed by atoms with Gasteiger partial charge in [0, 0.05) is 0 Å². The SMILES string of the molecule is CCC(C)C(NC(=O)C(NC(=O)C(CO)NC(=O)C1CCCN1)C(C)O)C(=O)O. The first-order chi connectivity index (χ1) is 13.6. The number of aliphatic hydroxyl groups is 2. The summed E-state index contributed by atoms with van der Waals surface area (Å²) in [4.78, 5) is 48.5. The van der Waals surface area contributed by atoms with E-state index in [2.05, 4.69) is 21.3 Å². The molecule has 1 rings (SSSR count). The van der Waals surface area contributed by atoms with Crippen LogP contribution in [-0.2, 0) is 19.2 Å². The van der Waals surface area contributed by atoms with E-state index in [0.29, 0.717) is 19.4 Å². The maximum atomic E-state index is 12.5. The Kier molecular flexibility index (Phi) is 9.99. The quantitative estimate of drug-likeness (QED) is 0.196. The molecule has 29 heavy (non-hydrogen) atoms. The lowest BCUT2D eigenvalue weighted by molar-refractivity contribution is -0.144. The van der Waals surface area contributed by atoms with Crippen molar-refractivity contribution >= 4 is 23.7 Å². The molecule has 1 aliphatic rings. The first-order valence-electron chi connectivity index (χ1n) is 9.78. The maximum Gasteiger partial charge on any atom is 0.326 e. The molecule has 0 aromatic heterocycles. The fraction of sp³-hybridized carbons (Fsp3) is 0.778. The summed E-state index contributed by atoms with van der Waals surface area (Å²) >= 11 is 0. The van der Waals surface area contributed by atoms with Crippen molar-refractivity contribution < 1.29 is 34.5 Å². The van der Waals surface area contributed by atoms with E-state index in [9.17, 15) is 34.5 Å². The van der Waals surface area contributed by atoms with Crippen molar-refractivity contribution in [3.8, 4) is 0 Å². The van der Waals surface area contributed by atoms with Crippen LogP contribution in [0.5, 0.6) is 0 Å². The summed E-state index contributed by atoms with van der Waals surface area (Å²) in [5.41, 5.74) is 0. The summed E-state index contributed by atoms with van der Waals surface area (Å²) in [5, 5.41) is 38.6. The summed E-state index contributed by atoms with van der Waals surface area (Å²) in [5.74, 6) is -3.78. The number of carbonyl (C=O) groups is 4. The van der Waals surface area contributed by atoms with Gasteiger partial charge in [-0.15, -0.1) is 0 Å². The van der Waals surface area contributed by atoms with Crippen LogP contribution in [0.25, 0.3) is 0 Å². The van der Waals surface area contributed by atoms with Crippen LogP contribution in [0.4, 0.5) is 0 Å². The van der Waals surface area contributed by atoms with Gasteiger partial charge in [0.2, 0.25) is 17.7 Å². The third-order valence-electron chi connectivity index (χ3n) is 5.03. The van der Waals surface area contributed by atoms with Gasteiger partial charge in [0.25, 0.3) is 0 Å². The largest absolute Gasteiger partial charge is 0.480 e. The fourth-order valence-electron chi connectivity index (χ4n) is 2.96. The molecule has 1 heterocycles. The highest BCUT2D eigenvalue weighted by atomic mass is 16.4. The van der Waals surface area contributed by atoms with Gasteiger partial charge < -0.3 is 36.6 Å². The van der Waals surface area contributed by atoms with E-state index >= 15 is 0 Å². The van der Waals surface area contributed by atoms with Gasteiger partial charge in [0.15, 0.2) is 0 Å². The fourth-order valence-corrected chi connectivity index (χ4v) is 2.96. The minimum atomic E-state index is -1.45. The number of nitrogens with one attached hydrogen (secondary N) is 4. The summed E-state index contributed by atoms with van der Waals surface area (Å²) in [6.07, 6.45) is 0.587. The van der Waals surface area contributed by atoms with E-state index in [4.69, 9.17) is 0 Å². The van der Waals surface area contributed by atoms with E-state index in [-0.39, 0.29) is 5.92 Å². The highest BCUT2D eigenvalue weighted by Crippen LogP contribution is 2.09. The highest BCUT2D eigenvalue weighted by Gasteiger charge is 2.34. The Labute approximate surface area is 169 Å². The average Bonchev–Trinajstić information content (AvgIpc) is 3.21. The second-order valence-electron chi connectivity index (χ2n) is 7.33. The smallest absolute Gasteiger partial charge is 0.326 e. The van der Waals surface area contributed by atoms with Crippen LogP contribution in [0.2, 0.25) is 0 Å². The minimum Gasteiger partial charge on any atom is -0.480 e. The number of aliphatic carboxylic acids is 1. The second-order valence-corrected chi connectivity index (χ2v) is 7.33. The van der Waals surface area contributed by atoms with E-state index < -0.39 is 60.6 Å². The summed E-state index contributed by atoms with van der Waals surface area (Å²) in [7, 11) is 0. The summed E-state index contributed by atoms with van der Waals surface area (Å²) < 4.78 is 0. The first kappa shape index (κ1) is 24.8. The summed E-state index contributed by atoms with van der Waals surface area (Å²) in [6.45, 7) is 4.67. The Morgan fingerprint density at radius 2 is 1.69 bits per heavy atom. The number of rotatable bonds is 11. The molecule has 1 fully saturated rings. The molecule has 0 bridgehead atoms. The van der Waals surface area contributed by atoms with E-state index in [1.54, 1.807) is 13.8 Å². The molecule has 6 atom stereocenters. The van der Waals surface area contributed by atoms with Gasteiger partial charge in [0.1, 0.15) is 18.1 Å². The lowest BCUT2D eigenvalue weighted by Gasteiger charge is -2.27. The van der Waals surface area contributed by atoms with Crippen LogP contribution in [0.3, 0.4) is 0 Å². The Morgan fingerprint density at radius 3 is 2.14 bits per heavy atom. The van der Waals surface area contributed by atoms with Crippen LogP contribution >= 0.6 is 0 Å². The van der Waals surface area contributed by atoms with Crippen LogP contribution in [0.15, 0.2) is 0 Å². The van der Waals surface area contributed by atoms with Gasteiger partial charge >= 0.3 is 5.97 Å². The predicted octanol–water partition coefficient (Wildman–Crippen LogP) is -2.30. The Morgan fingerprint density at radius 1 is 1.07 bits per heavy atom. The lowest BCUT2D eigenvalue weighted by Crippen LogP contribution is -2.61. The number of carboxylic acids is 1. The van der Waals surface area contributed by atoms with Crippen molar-refractivity contribution in [2.75, 3.05) is 13.2 Å². The Hall–Kier alpha value is -2.24. The second kappa shape index (κ2) is 11.7. The molecule has 1 aliphatic heterocycles. The van der Waals surface area contributed by atoms with Crippen molar-refractivity contribution in [3.63, 3.8) is 0 Å². The molecule has 0 aromatic carbocycles. The molecule has 166 valence electrons.